The van der Waals surface area contributed by atoms with Crippen LogP contribution in [0.5, 0.6) is 0 Å². The van der Waals surface area contributed by atoms with Gasteiger partial charge in [-0.1, -0.05) is 17.7 Å². The first-order valence-corrected chi connectivity index (χ1v) is 6.34. The Morgan fingerprint density at radius 3 is 2.32 bits per heavy atom. The molecule has 0 saturated carbocycles. The van der Waals surface area contributed by atoms with Crippen molar-refractivity contribution >= 4 is 27.5 Å². The van der Waals surface area contributed by atoms with E-state index >= 15 is 0 Å². The van der Waals surface area contributed by atoms with Gasteiger partial charge in [-0.2, -0.15) is 0 Å². The maximum Gasteiger partial charge on any atom is 0.159 e. The minimum atomic E-state index is -1.43. The van der Waals surface area contributed by atoms with Crippen molar-refractivity contribution in [2.75, 3.05) is 0 Å². The van der Waals surface area contributed by atoms with Crippen molar-refractivity contribution in [3.8, 4) is 0 Å². The van der Waals surface area contributed by atoms with Gasteiger partial charge in [0.2, 0.25) is 0 Å². The first-order valence-electron chi connectivity index (χ1n) is 5.17. The number of benzene rings is 2. The van der Waals surface area contributed by atoms with Crippen LogP contribution in [0.15, 0.2) is 34.8 Å². The SMILES string of the molecule is OC(c1ccc(F)c(F)c1)c1cc(Cl)c(Br)cc1F. The molecule has 0 aliphatic rings. The minimum Gasteiger partial charge on any atom is -0.384 e. The first kappa shape index (κ1) is 14.4. The van der Waals surface area contributed by atoms with Crippen LogP contribution in [0.4, 0.5) is 13.2 Å². The lowest BCUT2D eigenvalue weighted by molar-refractivity contribution is 0.214. The Hall–Kier alpha value is -1.04. The number of hydrogen-bond acceptors (Lipinski definition) is 1. The average Bonchev–Trinajstić information content (AvgIpc) is 2.36. The summed E-state index contributed by atoms with van der Waals surface area (Å²) in [7, 11) is 0. The highest BCUT2D eigenvalue weighted by atomic mass is 79.9. The van der Waals surface area contributed by atoms with Gasteiger partial charge in [-0.25, -0.2) is 13.2 Å². The van der Waals surface area contributed by atoms with E-state index in [0.717, 1.165) is 18.2 Å². The van der Waals surface area contributed by atoms with Gasteiger partial charge in [-0.15, -0.1) is 0 Å². The molecule has 6 heteroatoms. The molecule has 1 N–H and O–H groups in total. The van der Waals surface area contributed by atoms with E-state index in [1.165, 1.54) is 12.1 Å². The molecule has 0 heterocycles. The highest BCUT2D eigenvalue weighted by Gasteiger charge is 2.18. The second kappa shape index (κ2) is 5.53. The third-order valence-corrected chi connectivity index (χ3v) is 3.79. The summed E-state index contributed by atoms with van der Waals surface area (Å²) in [5.41, 5.74) is -0.0737. The van der Waals surface area contributed by atoms with Crippen LogP contribution in [-0.2, 0) is 0 Å². The van der Waals surface area contributed by atoms with E-state index in [4.69, 9.17) is 11.6 Å². The van der Waals surface area contributed by atoms with Gasteiger partial charge >= 0.3 is 0 Å². The Kier molecular flexibility index (Phi) is 4.18. The molecule has 100 valence electrons. The molecule has 0 aromatic heterocycles. The smallest absolute Gasteiger partial charge is 0.159 e. The molecular weight excluding hydrogens is 344 g/mol. The van der Waals surface area contributed by atoms with Crippen LogP contribution in [0.2, 0.25) is 5.02 Å². The fourth-order valence-corrected chi connectivity index (χ4v) is 2.10. The monoisotopic (exact) mass is 350 g/mol. The Balaban J connectivity index is 2.46. The van der Waals surface area contributed by atoms with Crippen LogP contribution < -0.4 is 0 Å². The van der Waals surface area contributed by atoms with Gasteiger partial charge in [0, 0.05) is 10.0 Å². The molecule has 1 nitrogen and oxygen atoms in total. The summed E-state index contributed by atoms with van der Waals surface area (Å²) in [5.74, 6) is -2.85. The summed E-state index contributed by atoms with van der Waals surface area (Å²) >= 11 is 8.86. The van der Waals surface area contributed by atoms with Crippen LogP contribution in [-0.4, -0.2) is 5.11 Å². The summed E-state index contributed by atoms with van der Waals surface area (Å²) in [6.07, 6.45) is -1.43. The standard InChI is InChI=1S/C13H7BrClF3O/c14-8-5-11(17)7(4-9(8)15)13(19)6-1-2-10(16)12(18)3-6/h1-5,13,19H. The van der Waals surface area contributed by atoms with Gasteiger partial charge < -0.3 is 5.11 Å². The zero-order valence-corrected chi connectivity index (χ0v) is 11.6. The Labute approximate surface area is 120 Å². The average molecular weight is 352 g/mol. The molecule has 0 amide bonds. The van der Waals surface area contributed by atoms with E-state index < -0.39 is 23.6 Å². The molecule has 0 aliphatic heterocycles. The van der Waals surface area contributed by atoms with Crippen molar-refractivity contribution in [2.24, 2.45) is 0 Å². The van der Waals surface area contributed by atoms with E-state index in [0.29, 0.717) is 4.47 Å². The summed E-state index contributed by atoms with van der Waals surface area (Å²) < 4.78 is 40.0. The number of rotatable bonds is 2. The number of hydrogen-bond donors (Lipinski definition) is 1. The first-order chi connectivity index (χ1) is 8.90. The van der Waals surface area contributed by atoms with Crippen LogP contribution in [0.3, 0.4) is 0 Å². The fourth-order valence-electron chi connectivity index (χ4n) is 1.61. The van der Waals surface area contributed by atoms with Crippen molar-refractivity contribution in [1.82, 2.24) is 0 Å². The van der Waals surface area contributed by atoms with E-state index in [1.54, 1.807) is 0 Å². The van der Waals surface area contributed by atoms with Crippen LogP contribution in [0.25, 0.3) is 0 Å². The van der Waals surface area contributed by atoms with E-state index in [-0.39, 0.29) is 16.1 Å². The van der Waals surface area contributed by atoms with E-state index in [9.17, 15) is 18.3 Å². The van der Waals surface area contributed by atoms with Crippen molar-refractivity contribution in [2.45, 2.75) is 6.10 Å². The second-order valence-corrected chi connectivity index (χ2v) is 5.13. The summed E-state index contributed by atoms with van der Waals surface area (Å²) in [5, 5.41) is 10.2. The third-order valence-electron chi connectivity index (χ3n) is 2.59. The molecule has 2 aromatic rings. The van der Waals surface area contributed by atoms with E-state index in [1.807, 2.05) is 0 Å². The molecular formula is C13H7BrClF3O. The lowest BCUT2D eigenvalue weighted by atomic mass is 10.0. The third kappa shape index (κ3) is 2.94. The lowest BCUT2D eigenvalue weighted by Crippen LogP contribution is -2.04. The normalized spacial score (nSPS) is 12.5. The maximum absolute atomic E-state index is 13.7. The van der Waals surface area contributed by atoms with Crippen molar-refractivity contribution in [3.05, 3.63) is 68.4 Å². The zero-order chi connectivity index (χ0) is 14.2. The van der Waals surface area contributed by atoms with Crippen molar-refractivity contribution < 1.29 is 18.3 Å². The molecule has 1 atom stereocenters. The molecule has 0 fully saturated rings. The number of halogens is 5. The largest absolute Gasteiger partial charge is 0.384 e. The van der Waals surface area contributed by atoms with Crippen LogP contribution in [0, 0.1) is 17.5 Å². The molecule has 1 unspecified atom stereocenters. The molecule has 0 radical (unpaired) electrons. The van der Waals surface area contributed by atoms with Gasteiger partial charge in [0.1, 0.15) is 11.9 Å². The maximum atomic E-state index is 13.7. The summed E-state index contributed by atoms with van der Waals surface area (Å²) in [6, 6.07) is 5.19. The molecule has 19 heavy (non-hydrogen) atoms. The van der Waals surface area contributed by atoms with Gasteiger partial charge in [-0.3, -0.25) is 0 Å². The molecule has 2 rings (SSSR count). The molecule has 0 saturated heterocycles. The fraction of sp³-hybridized carbons (Fsp3) is 0.0769. The summed E-state index contributed by atoms with van der Waals surface area (Å²) in [6.45, 7) is 0. The Morgan fingerprint density at radius 1 is 1.00 bits per heavy atom. The predicted molar refractivity (Wildman–Crippen MR) is 69.5 cm³/mol. The molecule has 0 aliphatic carbocycles. The molecule has 0 bridgehead atoms. The quantitative estimate of drug-likeness (QED) is 0.784. The van der Waals surface area contributed by atoms with Gasteiger partial charge in [0.15, 0.2) is 11.6 Å². The Morgan fingerprint density at radius 2 is 1.68 bits per heavy atom. The topological polar surface area (TPSA) is 20.2 Å². The van der Waals surface area contributed by atoms with Crippen LogP contribution in [0.1, 0.15) is 17.2 Å². The minimum absolute atomic E-state index is 0.0381. The highest BCUT2D eigenvalue weighted by Crippen LogP contribution is 2.31. The van der Waals surface area contributed by atoms with Crippen molar-refractivity contribution in [1.29, 1.82) is 0 Å². The van der Waals surface area contributed by atoms with Gasteiger partial charge in [-0.05, 0) is 45.8 Å². The zero-order valence-electron chi connectivity index (χ0n) is 9.30. The molecule has 0 spiro atoms. The number of aliphatic hydroxyl groups is 1. The van der Waals surface area contributed by atoms with Crippen LogP contribution >= 0.6 is 27.5 Å². The molecule has 2 aromatic carbocycles. The Bertz CT molecular complexity index is 634. The highest BCUT2D eigenvalue weighted by molar-refractivity contribution is 9.10. The lowest BCUT2D eigenvalue weighted by Gasteiger charge is -2.13. The predicted octanol–water partition coefficient (Wildman–Crippen LogP) is 4.60. The van der Waals surface area contributed by atoms with Gasteiger partial charge in [0.05, 0.1) is 5.02 Å². The van der Waals surface area contributed by atoms with Crippen molar-refractivity contribution in [3.63, 3.8) is 0 Å². The van der Waals surface area contributed by atoms with E-state index in [2.05, 4.69) is 15.9 Å². The van der Waals surface area contributed by atoms with Gasteiger partial charge in [0.25, 0.3) is 0 Å². The number of aliphatic hydroxyl groups excluding tert-OH is 1. The second-order valence-electron chi connectivity index (χ2n) is 3.86. The summed E-state index contributed by atoms with van der Waals surface area (Å²) in [4.78, 5) is 0.